The van der Waals surface area contributed by atoms with Crippen molar-refractivity contribution in [3.05, 3.63) is 34.6 Å². The van der Waals surface area contributed by atoms with Crippen LogP contribution in [-0.4, -0.2) is 10.7 Å². The molecule has 1 heterocycles. The molecule has 1 rings (SSSR count). The first-order valence-corrected chi connectivity index (χ1v) is 5.21. The van der Waals surface area contributed by atoms with Gasteiger partial charge in [0.05, 0.1) is 5.02 Å². The molecule has 0 aliphatic carbocycles. The molecule has 4 nitrogen and oxygen atoms in total. The summed E-state index contributed by atoms with van der Waals surface area (Å²) in [7, 11) is 0. The highest BCUT2D eigenvalue weighted by atomic mass is 35.5. The Hall–Kier alpha value is -1.39. The Morgan fingerprint density at radius 3 is 2.56 bits per heavy atom. The minimum Gasteiger partial charge on any atom is -0.305 e. The number of hydrazine groups is 1. The van der Waals surface area contributed by atoms with Crippen LogP contribution in [0.1, 0.15) is 20.8 Å². The van der Waals surface area contributed by atoms with Crippen molar-refractivity contribution in [3.63, 3.8) is 0 Å². The Morgan fingerprint density at radius 1 is 1.44 bits per heavy atom. The van der Waals surface area contributed by atoms with Crippen molar-refractivity contribution in [1.29, 1.82) is 5.41 Å². The average Bonchev–Trinajstić information content (AvgIpc) is 2.26. The lowest BCUT2D eigenvalue weighted by Gasteiger charge is -2.21. The number of nitrogens with one attached hydrogen (secondary N) is 1. The summed E-state index contributed by atoms with van der Waals surface area (Å²) in [5, 5.41) is 9.43. The molecule has 0 saturated carbocycles. The predicted molar refractivity (Wildman–Crippen MR) is 67.7 cm³/mol. The van der Waals surface area contributed by atoms with Crippen LogP contribution >= 0.6 is 11.6 Å². The first-order valence-electron chi connectivity index (χ1n) is 4.83. The van der Waals surface area contributed by atoms with Gasteiger partial charge in [0, 0.05) is 17.6 Å². The molecular weight excluding hydrogens is 224 g/mol. The van der Waals surface area contributed by atoms with Gasteiger partial charge < -0.3 is 5.41 Å². The van der Waals surface area contributed by atoms with Gasteiger partial charge in [0.1, 0.15) is 0 Å². The number of anilines is 1. The van der Waals surface area contributed by atoms with Gasteiger partial charge in [-0.1, -0.05) is 11.6 Å². The zero-order chi connectivity index (χ0) is 12.3. The predicted octanol–water partition coefficient (Wildman–Crippen LogP) is 2.75. The Morgan fingerprint density at radius 2 is 2.06 bits per heavy atom. The molecule has 16 heavy (non-hydrogen) atoms. The molecule has 0 aromatic carbocycles. The first-order chi connectivity index (χ1) is 7.45. The quantitative estimate of drug-likeness (QED) is 0.483. The lowest BCUT2D eigenvalue weighted by Crippen LogP contribution is -2.31. The van der Waals surface area contributed by atoms with E-state index in [1.54, 1.807) is 25.3 Å². The fourth-order valence-corrected chi connectivity index (χ4v) is 1.38. The molecule has 0 fully saturated rings. The Bertz CT molecular complexity index is 439. The molecule has 0 atom stereocenters. The topological polar surface area (TPSA) is 66.0 Å². The van der Waals surface area contributed by atoms with Gasteiger partial charge in [0.25, 0.3) is 0 Å². The summed E-state index contributed by atoms with van der Waals surface area (Å²) in [6, 6.07) is 3.47. The molecular formula is C11H15ClN4. The summed E-state index contributed by atoms with van der Waals surface area (Å²) in [4.78, 5) is 4.11. The SMILES string of the molecule is CC(=N)C(C)=C(C)N(N)c1ncccc1Cl. The third-order valence-electron chi connectivity index (χ3n) is 2.43. The molecule has 0 radical (unpaired) electrons. The maximum atomic E-state index is 7.55. The Labute approximate surface area is 100 Å². The van der Waals surface area contributed by atoms with Gasteiger partial charge in [-0.25, -0.2) is 10.8 Å². The summed E-state index contributed by atoms with van der Waals surface area (Å²) in [5.74, 6) is 6.40. The molecule has 5 heteroatoms. The van der Waals surface area contributed by atoms with Crippen molar-refractivity contribution in [2.24, 2.45) is 5.84 Å². The smallest absolute Gasteiger partial charge is 0.165 e. The molecule has 0 aliphatic rings. The van der Waals surface area contributed by atoms with Crippen molar-refractivity contribution >= 4 is 23.1 Å². The van der Waals surface area contributed by atoms with Gasteiger partial charge >= 0.3 is 0 Å². The lowest BCUT2D eigenvalue weighted by atomic mass is 10.1. The number of aromatic nitrogens is 1. The Kier molecular flexibility index (Phi) is 4.04. The number of nitrogens with zero attached hydrogens (tertiary/aromatic N) is 2. The molecule has 1 aromatic rings. The summed E-state index contributed by atoms with van der Waals surface area (Å²) < 4.78 is 0. The van der Waals surface area contributed by atoms with E-state index >= 15 is 0 Å². The van der Waals surface area contributed by atoms with E-state index in [1.165, 1.54) is 5.01 Å². The van der Waals surface area contributed by atoms with Gasteiger partial charge in [-0.15, -0.1) is 0 Å². The lowest BCUT2D eigenvalue weighted by molar-refractivity contribution is 0.949. The van der Waals surface area contributed by atoms with E-state index in [1.807, 2.05) is 13.8 Å². The molecule has 0 aliphatic heterocycles. The third kappa shape index (κ3) is 2.59. The van der Waals surface area contributed by atoms with Crippen LogP contribution in [-0.2, 0) is 0 Å². The van der Waals surface area contributed by atoms with Crippen molar-refractivity contribution in [2.45, 2.75) is 20.8 Å². The minimum absolute atomic E-state index is 0.472. The summed E-state index contributed by atoms with van der Waals surface area (Å²) in [6.45, 7) is 5.39. The van der Waals surface area contributed by atoms with Gasteiger partial charge in [0.15, 0.2) is 5.82 Å². The summed E-state index contributed by atoms with van der Waals surface area (Å²) in [5.41, 5.74) is 2.04. The second-order valence-corrected chi connectivity index (χ2v) is 3.92. The zero-order valence-electron chi connectivity index (χ0n) is 9.58. The van der Waals surface area contributed by atoms with Crippen molar-refractivity contribution in [1.82, 2.24) is 4.98 Å². The van der Waals surface area contributed by atoms with E-state index < -0.39 is 0 Å². The van der Waals surface area contributed by atoms with Crippen LogP contribution in [0.5, 0.6) is 0 Å². The number of hydrogen-bond donors (Lipinski definition) is 2. The van der Waals surface area contributed by atoms with E-state index in [0.29, 0.717) is 16.6 Å². The minimum atomic E-state index is 0.472. The standard InChI is InChI=1S/C11H15ClN4/c1-7(8(2)13)9(3)16(14)11-10(12)5-4-6-15-11/h4-6,13H,14H2,1-3H3. The van der Waals surface area contributed by atoms with Crippen LogP contribution in [0.25, 0.3) is 0 Å². The van der Waals surface area contributed by atoms with E-state index in [9.17, 15) is 0 Å². The second-order valence-electron chi connectivity index (χ2n) is 3.51. The molecule has 0 saturated heterocycles. The molecule has 0 unspecified atom stereocenters. The second kappa shape index (κ2) is 5.09. The highest BCUT2D eigenvalue weighted by Crippen LogP contribution is 2.23. The molecule has 1 aromatic heterocycles. The highest BCUT2D eigenvalue weighted by Gasteiger charge is 2.11. The first kappa shape index (κ1) is 12.7. The van der Waals surface area contributed by atoms with Gasteiger partial charge in [0.2, 0.25) is 0 Å². The van der Waals surface area contributed by atoms with Crippen molar-refractivity contribution in [2.75, 3.05) is 5.01 Å². The van der Waals surface area contributed by atoms with Crippen LogP contribution in [0, 0.1) is 5.41 Å². The number of pyridine rings is 1. The third-order valence-corrected chi connectivity index (χ3v) is 2.73. The number of allylic oxidation sites excluding steroid dienone is 2. The molecule has 0 spiro atoms. The summed E-state index contributed by atoms with van der Waals surface area (Å²) >= 11 is 5.99. The number of rotatable bonds is 3. The fraction of sp³-hybridized carbons (Fsp3) is 0.273. The average molecular weight is 239 g/mol. The number of halogens is 1. The van der Waals surface area contributed by atoms with Crippen LogP contribution in [0.3, 0.4) is 0 Å². The summed E-state index contributed by atoms with van der Waals surface area (Å²) in [6.07, 6.45) is 1.63. The normalized spacial score (nSPS) is 12.1. The maximum Gasteiger partial charge on any atom is 0.165 e. The van der Waals surface area contributed by atoms with Crippen LogP contribution in [0.2, 0.25) is 5.02 Å². The van der Waals surface area contributed by atoms with Gasteiger partial charge in [-0.3, -0.25) is 5.01 Å². The van der Waals surface area contributed by atoms with Gasteiger partial charge in [-0.2, -0.15) is 0 Å². The Balaban J connectivity index is 3.13. The van der Waals surface area contributed by atoms with Crippen LogP contribution in [0.15, 0.2) is 29.6 Å². The molecule has 0 amide bonds. The van der Waals surface area contributed by atoms with E-state index in [0.717, 1.165) is 11.3 Å². The molecule has 0 bridgehead atoms. The van der Waals surface area contributed by atoms with E-state index in [2.05, 4.69) is 4.98 Å². The maximum absolute atomic E-state index is 7.55. The monoisotopic (exact) mass is 238 g/mol. The molecule has 86 valence electrons. The van der Waals surface area contributed by atoms with Crippen LogP contribution in [0.4, 0.5) is 5.82 Å². The van der Waals surface area contributed by atoms with Gasteiger partial charge in [-0.05, 0) is 38.5 Å². The fourth-order valence-electron chi connectivity index (χ4n) is 1.17. The number of hydrogen-bond acceptors (Lipinski definition) is 4. The molecule has 3 N–H and O–H groups in total. The van der Waals surface area contributed by atoms with Crippen molar-refractivity contribution < 1.29 is 0 Å². The zero-order valence-corrected chi connectivity index (χ0v) is 10.3. The van der Waals surface area contributed by atoms with Crippen molar-refractivity contribution in [3.8, 4) is 0 Å². The highest BCUT2D eigenvalue weighted by molar-refractivity contribution is 6.33. The van der Waals surface area contributed by atoms with Crippen LogP contribution < -0.4 is 10.9 Å². The van der Waals surface area contributed by atoms with E-state index in [4.69, 9.17) is 22.9 Å². The number of nitrogens with two attached hydrogens (primary N) is 1. The van der Waals surface area contributed by atoms with E-state index in [-0.39, 0.29) is 0 Å². The largest absolute Gasteiger partial charge is 0.305 e.